The topological polar surface area (TPSA) is 85.9 Å². The fourth-order valence-electron chi connectivity index (χ4n) is 3.57. The Morgan fingerprint density at radius 3 is 2.58 bits per heavy atom. The molecule has 158 valence electrons. The molecule has 1 amide bonds. The summed E-state index contributed by atoms with van der Waals surface area (Å²) in [4.78, 5) is 35.6. The number of nitrogens with zero attached hydrogens (tertiary/aromatic N) is 6. The first-order chi connectivity index (χ1) is 15.0. The van der Waals surface area contributed by atoms with Crippen LogP contribution in [0.25, 0.3) is 16.6 Å². The standard InChI is InChI=1S/C23H24N6O2/c1-16(17-8-10-18(11-9-17)29-15-24-14-25-29)27(2)22(30)13-12-21-26-20-7-5-4-6-19(20)23(31)28(21)3/h4-11,14-16H,12-13H2,1-3H3/t16-/m0/s1. The lowest BCUT2D eigenvalue weighted by atomic mass is 10.1. The summed E-state index contributed by atoms with van der Waals surface area (Å²) in [5.41, 5.74) is 2.49. The van der Waals surface area contributed by atoms with Crippen molar-refractivity contribution in [2.24, 2.45) is 7.05 Å². The molecule has 0 unspecified atom stereocenters. The van der Waals surface area contributed by atoms with Gasteiger partial charge in [-0.1, -0.05) is 24.3 Å². The van der Waals surface area contributed by atoms with E-state index in [1.807, 2.05) is 49.4 Å². The van der Waals surface area contributed by atoms with Crippen LogP contribution in [-0.2, 0) is 18.3 Å². The molecule has 2 aromatic heterocycles. The predicted octanol–water partition coefficient (Wildman–Crippen LogP) is 2.67. The van der Waals surface area contributed by atoms with Gasteiger partial charge < -0.3 is 4.90 Å². The average Bonchev–Trinajstić information content (AvgIpc) is 3.34. The molecule has 0 N–H and O–H groups in total. The zero-order chi connectivity index (χ0) is 22.0. The molecule has 2 aromatic carbocycles. The van der Waals surface area contributed by atoms with E-state index >= 15 is 0 Å². The summed E-state index contributed by atoms with van der Waals surface area (Å²) in [6.45, 7) is 1.99. The highest BCUT2D eigenvalue weighted by Crippen LogP contribution is 2.21. The van der Waals surface area contributed by atoms with E-state index < -0.39 is 0 Å². The highest BCUT2D eigenvalue weighted by Gasteiger charge is 2.18. The molecular formula is C23H24N6O2. The van der Waals surface area contributed by atoms with Crippen molar-refractivity contribution < 1.29 is 4.79 Å². The summed E-state index contributed by atoms with van der Waals surface area (Å²) in [5.74, 6) is 0.602. The van der Waals surface area contributed by atoms with Crippen LogP contribution >= 0.6 is 0 Å². The molecule has 0 saturated carbocycles. The molecule has 0 aliphatic heterocycles. The van der Waals surface area contributed by atoms with E-state index in [0.29, 0.717) is 23.1 Å². The van der Waals surface area contributed by atoms with E-state index in [0.717, 1.165) is 11.3 Å². The monoisotopic (exact) mass is 416 g/mol. The molecule has 0 fully saturated rings. The molecule has 0 aliphatic rings. The molecule has 2 heterocycles. The van der Waals surface area contributed by atoms with Crippen LogP contribution in [0.4, 0.5) is 0 Å². The number of carbonyl (C=O) groups excluding carboxylic acids is 1. The van der Waals surface area contributed by atoms with Crippen LogP contribution in [0.15, 0.2) is 66.0 Å². The Kier molecular flexibility index (Phi) is 5.62. The Labute approximate surface area is 179 Å². The van der Waals surface area contributed by atoms with Crippen molar-refractivity contribution in [2.75, 3.05) is 7.05 Å². The number of amides is 1. The number of aryl methyl sites for hydroxylation is 1. The number of benzene rings is 2. The van der Waals surface area contributed by atoms with Crippen LogP contribution < -0.4 is 5.56 Å². The minimum absolute atomic E-state index is 0.00439. The first kappa shape index (κ1) is 20.5. The number of hydrogen-bond acceptors (Lipinski definition) is 5. The number of hydrogen-bond donors (Lipinski definition) is 0. The van der Waals surface area contributed by atoms with E-state index in [4.69, 9.17) is 0 Å². The normalized spacial score (nSPS) is 12.1. The average molecular weight is 416 g/mol. The van der Waals surface area contributed by atoms with Crippen molar-refractivity contribution in [1.29, 1.82) is 0 Å². The Hall–Kier alpha value is -3.81. The van der Waals surface area contributed by atoms with Crippen LogP contribution in [0.2, 0.25) is 0 Å². The molecule has 31 heavy (non-hydrogen) atoms. The Bertz CT molecular complexity index is 1260. The van der Waals surface area contributed by atoms with Gasteiger partial charge in [-0.2, -0.15) is 5.10 Å². The van der Waals surface area contributed by atoms with Crippen molar-refractivity contribution in [3.8, 4) is 5.69 Å². The van der Waals surface area contributed by atoms with Crippen LogP contribution in [-0.4, -0.2) is 42.2 Å². The summed E-state index contributed by atoms with van der Waals surface area (Å²) < 4.78 is 3.21. The second kappa shape index (κ2) is 8.51. The predicted molar refractivity (Wildman–Crippen MR) is 118 cm³/mol. The molecule has 0 radical (unpaired) electrons. The maximum absolute atomic E-state index is 12.8. The second-order valence-corrected chi connectivity index (χ2v) is 7.52. The van der Waals surface area contributed by atoms with Gasteiger partial charge in [-0.05, 0) is 36.8 Å². The van der Waals surface area contributed by atoms with Crippen molar-refractivity contribution in [3.05, 3.63) is 82.9 Å². The van der Waals surface area contributed by atoms with Crippen LogP contribution in [0.1, 0.15) is 30.8 Å². The molecule has 1 atom stereocenters. The van der Waals surface area contributed by atoms with Crippen molar-refractivity contribution >= 4 is 16.8 Å². The fourth-order valence-corrected chi connectivity index (χ4v) is 3.57. The van der Waals surface area contributed by atoms with E-state index in [1.165, 1.54) is 10.9 Å². The number of rotatable bonds is 6. The van der Waals surface area contributed by atoms with E-state index in [-0.39, 0.29) is 23.9 Å². The third-order valence-corrected chi connectivity index (χ3v) is 5.67. The molecule has 0 bridgehead atoms. The first-order valence-electron chi connectivity index (χ1n) is 10.1. The van der Waals surface area contributed by atoms with Gasteiger partial charge in [0.15, 0.2) is 0 Å². The molecule has 0 saturated heterocycles. The summed E-state index contributed by atoms with van der Waals surface area (Å²) in [7, 11) is 3.50. The minimum Gasteiger partial charge on any atom is -0.339 e. The molecule has 8 heteroatoms. The van der Waals surface area contributed by atoms with Gasteiger partial charge in [-0.15, -0.1) is 0 Å². The molecule has 0 aliphatic carbocycles. The largest absolute Gasteiger partial charge is 0.339 e. The van der Waals surface area contributed by atoms with Gasteiger partial charge in [-0.25, -0.2) is 14.6 Å². The number of fused-ring (bicyclic) bond motifs is 1. The van der Waals surface area contributed by atoms with Gasteiger partial charge in [0.25, 0.3) is 5.56 Å². The zero-order valence-electron chi connectivity index (χ0n) is 17.8. The molecule has 4 aromatic rings. The number of carbonyl (C=O) groups is 1. The van der Waals surface area contributed by atoms with E-state index in [9.17, 15) is 9.59 Å². The van der Waals surface area contributed by atoms with Crippen molar-refractivity contribution in [3.63, 3.8) is 0 Å². The fraction of sp³-hybridized carbons (Fsp3) is 0.261. The van der Waals surface area contributed by atoms with Gasteiger partial charge in [0.2, 0.25) is 5.91 Å². The minimum atomic E-state index is -0.0951. The molecule has 4 rings (SSSR count). The van der Waals surface area contributed by atoms with Crippen molar-refractivity contribution in [2.45, 2.75) is 25.8 Å². The number of aromatic nitrogens is 5. The quantitative estimate of drug-likeness (QED) is 0.482. The lowest BCUT2D eigenvalue weighted by molar-refractivity contribution is -0.131. The highest BCUT2D eigenvalue weighted by atomic mass is 16.2. The lowest BCUT2D eigenvalue weighted by Gasteiger charge is -2.25. The summed E-state index contributed by atoms with van der Waals surface area (Å²) in [5, 5.41) is 4.70. The Balaban J connectivity index is 1.44. The third-order valence-electron chi connectivity index (χ3n) is 5.67. The highest BCUT2D eigenvalue weighted by molar-refractivity contribution is 5.78. The first-order valence-corrected chi connectivity index (χ1v) is 10.1. The van der Waals surface area contributed by atoms with Gasteiger partial charge in [0.05, 0.1) is 22.6 Å². The summed E-state index contributed by atoms with van der Waals surface area (Å²) in [6.07, 6.45) is 3.81. The van der Waals surface area contributed by atoms with Crippen molar-refractivity contribution in [1.82, 2.24) is 29.2 Å². The second-order valence-electron chi connectivity index (χ2n) is 7.52. The molecule has 0 spiro atoms. The molecule has 8 nitrogen and oxygen atoms in total. The summed E-state index contributed by atoms with van der Waals surface area (Å²) in [6, 6.07) is 15.0. The van der Waals surface area contributed by atoms with Crippen LogP contribution in [0, 0.1) is 0 Å². The van der Waals surface area contributed by atoms with Gasteiger partial charge in [0.1, 0.15) is 18.5 Å². The Morgan fingerprint density at radius 2 is 1.87 bits per heavy atom. The maximum Gasteiger partial charge on any atom is 0.261 e. The summed E-state index contributed by atoms with van der Waals surface area (Å²) >= 11 is 0. The van der Waals surface area contributed by atoms with Gasteiger partial charge in [0, 0.05) is 26.9 Å². The van der Waals surface area contributed by atoms with Gasteiger partial charge >= 0.3 is 0 Å². The number of para-hydroxylation sites is 1. The zero-order valence-corrected chi connectivity index (χ0v) is 17.8. The third kappa shape index (κ3) is 4.09. The Morgan fingerprint density at radius 1 is 1.13 bits per heavy atom. The lowest BCUT2D eigenvalue weighted by Crippen LogP contribution is -2.30. The van der Waals surface area contributed by atoms with Crippen LogP contribution in [0.3, 0.4) is 0 Å². The SMILES string of the molecule is C[C@@H](c1ccc(-n2cncn2)cc1)N(C)C(=O)CCc1nc2ccccc2c(=O)n1C. The van der Waals surface area contributed by atoms with E-state index in [1.54, 1.807) is 36.1 Å². The maximum atomic E-state index is 12.8. The van der Waals surface area contributed by atoms with Crippen LogP contribution in [0.5, 0.6) is 0 Å². The van der Waals surface area contributed by atoms with Gasteiger partial charge in [-0.3, -0.25) is 14.2 Å². The van der Waals surface area contributed by atoms with E-state index in [2.05, 4.69) is 15.1 Å². The smallest absolute Gasteiger partial charge is 0.261 e. The molecular weight excluding hydrogens is 392 g/mol.